The normalized spacial score (nSPS) is 22.6. The number of nitrogens with two attached hydrogens (primary N) is 1. The highest BCUT2D eigenvalue weighted by molar-refractivity contribution is 5.36. The van der Waals surface area contributed by atoms with Crippen molar-refractivity contribution in [3.05, 3.63) is 0 Å². The minimum Gasteiger partial charge on any atom is -0.467 e. The molecule has 0 aliphatic heterocycles. The van der Waals surface area contributed by atoms with Gasteiger partial charge in [0.05, 0.1) is 7.11 Å². The van der Waals surface area contributed by atoms with Crippen LogP contribution in [-0.2, 0) is 0 Å². The number of nitrogens with one attached hydrogen (secondary N) is 2. The first-order valence-corrected chi connectivity index (χ1v) is 7.17. The molecule has 0 amide bonds. The molecule has 0 saturated heterocycles. The first-order valence-electron chi connectivity index (χ1n) is 7.17. The van der Waals surface area contributed by atoms with Crippen molar-refractivity contribution in [1.29, 1.82) is 0 Å². The Balaban J connectivity index is 2.15. The van der Waals surface area contributed by atoms with Crippen LogP contribution in [-0.4, -0.2) is 28.1 Å². The molecule has 7 heteroatoms. The number of nitrogen functional groups attached to an aromatic ring is 1. The molecule has 1 aromatic heterocycles. The van der Waals surface area contributed by atoms with Gasteiger partial charge in [-0.15, -0.1) is 0 Å². The number of hydrazine groups is 1. The third-order valence-corrected chi connectivity index (χ3v) is 3.92. The first kappa shape index (κ1) is 14.8. The van der Waals surface area contributed by atoms with Gasteiger partial charge in [-0.05, 0) is 24.7 Å². The molecule has 20 heavy (non-hydrogen) atoms. The molecule has 2 rings (SSSR count). The number of nitrogens with zero attached hydrogens (tertiary/aromatic N) is 3. The number of rotatable bonds is 5. The van der Waals surface area contributed by atoms with Gasteiger partial charge in [-0.2, -0.15) is 15.0 Å². The van der Waals surface area contributed by atoms with Gasteiger partial charge >= 0.3 is 6.01 Å². The van der Waals surface area contributed by atoms with Gasteiger partial charge in [-0.3, -0.25) is 5.43 Å². The van der Waals surface area contributed by atoms with Gasteiger partial charge in [0, 0.05) is 6.04 Å². The summed E-state index contributed by atoms with van der Waals surface area (Å²) >= 11 is 0. The maximum absolute atomic E-state index is 5.36. The van der Waals surface area contributed by atoms with Crippen molar-refractivity contribution in [1.82, 2.24) is 15.0 Å². The lowest BCUT2D eigenvalue weighted by Crippen LogP contribution is -2.36. The van der Waals surface area contributed by atoms with E-state index in [4.69, 9.17) is 10.6 Å². The number of aromatic nitrogens is 3. The second-order valence-electron chi connectivity index (χ2n) is 5.56. The molecule has 0 spiro atoms. The molecule has 112 valence electrons. The summed E-state index contributed by atoms with van der Waals surface area (Å²) in [6.07, 6.45) is 4.93. The van der Waals surface area contributed by atoms with E-state index in [2.05, 4.69) is 39.5 Å². The maximum Gasteiger partial charge on any atom is 0.322 e. The van der Waals surface area contributed by atoms with Crippen LogP contribution in [0.2, 0.25) is 0 Å². The van der Waals surface area contributed by atoms with Crippen molar-refractivity contribution < 1.29 is 4.74 Å². The molecule has 2 atom stereocenters. The van der Waals surface area contributed by atoms with Gasteiger partial charge < -0.3 is 10.1 Å². The Morgan fingerprint density at radius 2 is 1.85 bits per heavy atom. The first-order chi connectivity index (χ1) is 9.63. The van der Waals surface area contributed by atoms with Crippen LogP contribution in [0.25, 0.3) is 0 Å². The summed E-state index contributed by atoms with van der Waals surface area (Å²) < 4.78 is 5.06. The molecule has 0 bridgehead atoms. The highest BCUT2D eigenvalue weighted by atomic mass is 16.5. The average Bonchev–Trinajstić information content (AvgIpc) is 2.47. The minimum absolute atomic E-state index is 0.257. The molecule has 1 aliphatic carbocycles. The lowest BCUT2D eigenvalue weighted by molar-refractivity contribution is 0.253. The van der Waals surface area contributed by atoms with Crippen molar-refractivity contribution in [3.8, 4) is 6.01 Å². The topological polar surface area (TPSA) is 98.0 Å². The van der Waals surface area contributed by atoms with Crippen LogP contribution in [0.4, 0.5) is 11.9 Å². The van der Waals surface area contributed by atoms with E-state index in [-0.39, 0.29) is 6.01 Å². The molecule has 1 heterocycles. The zero-order valence-corrected chi connectivity index (χ0v) is 12.4. The van der Waals surface area contributed by atoms with Crippen LogP contribution in [0, 0.1) is 11.8 Å². The van der Waals surface area contributed by atoms with Crippen molar-refractivity contribution >= 4 is 11.9 Å². The van der Waals surface area contributed by atoms with Crippen LogP contribution < -0.4 is 21.3 Å². The van der Waals surface area contributed by atoms with E-state index in [0.717, 1.165) is 6.42 Å². The fraction of sp³-hybridized carbons (Fsp3) is 0.769. The SMILES string of the molecule is COc1nc(NN)nc(NC2CCCCC2C(C)C)n1. The monoisotopic (exact) mass is 280 g/mol. The predicted molar refractivity (Wildman–Crippen MR) is 78.4 cm³/mol. The van der Waals surface area contributed by atoms with Gasteiger partial charge in [0.1, 0.15) is 0 Å². The van der Waals surface area contributed by atoms with E-state index in [1.807, 2.05) is 0 Å². The number of hydrogen-bond donors (Lipinski definition) is 3. The molecule has 0 aromatic carbocycles. The lowest BCUT2D eigenvalue weighted by Gasteiger charge is -2.34. The van der Waals surface area contributed by atoms with Crippen LogP contribution in [0.1, 0.15) is 39.5 Å². The van der Waals surface area contributed by atoms with Gasteiger partial charge in [0.2, 0.25) is 11.9 Å². The molecule has 2 unspecified atom stereocenters. The largest absolute Gasteiger partial charge is 0.467 e. The van der Waals surface area contributed by atoms with E-state index < -0.39 is 0 Å². The third-order valence-electron chi connectivity index (χ3n) is 3.92. The average molecular weight is 280 g/mol. The van der Waals surface area contributed by atoms with Gasteiger partial charge in [0.15, 0.2) is 0 Å². The Labute approximate surface area is 119 Å². The quantitative estimate of drug-likeness (QED) is 0.558. The Hall–Kier alpha value is -1.63. The zero-order chi connectivity index (χ0) is 14.5. The highest BCUT2D eigenvalue weighted by Crippen LogP contribution is 2.31. The van der Waals surface area contributed by atoms with Crippen LogP contribution in [0.3, 0.4) is 0 Å². The second-order valence-corrected chi connectivity index (χ2v) is 5.56. The van der Waals surface area contributed by atoms with Crippen LogP contribution >= 0.6 is 0 Å². The number of ether oxygens (including phenoxy) is 1. The summed E-state index contributed by atoms with van der Waals surface area (Å²) in [7, 11) is 1.52. The molecule has 1 saturated carbocycles. The minimum atomic E-state index is 0.257. The summed E-state index contributed by atoms with van der Waals surface area (Å²) in [5.41, 5.74) is 2.43. The Kier molecular flexibility index (Phi) is 4.94. The maximum atomic E-state index is 5.36. The van der Waals surface area contributed by atoms with Crippen LogP contribution in [0.5, 0.6) is 6.01 Å². The van der Waals surface area contributed by atoms with Crippen molar-refractivity contribution in [2.75, 3.05) is 17.9 Å². The smallest absolute Gasteiger partial charge is 0.322 e. The van der Waals surface area contributed by atoms with E-state index >= 15 is 0 Å². The van der Waals surface area contributed by atoms with Crippen molar-refractivity contribution in [2.45, 2.75) is 45.6 Å². The highest BCUT2D eigenvalue weighted by Gasteiger charge is 2.28. The molecular formula is C13H24N6O. The molecule has 1 fully saturated rings. The Morgan fingerprint density at radius 3 is 2.50 bits per heavy atom. The summed E-state index contributed by atoms with van der Waals surface area (Å²) in [4.78, 5) is 12.5. The number of hydrogen-bond acceptors (Lipinski definition) is 7. The van der Waals surface area contributed by atoms with Gasteiger partial charge in [-0.25, -0.2) is 5.84 Å². The number of methoxy groups -OCH3 is 1. The summed E-state index contributed by atoms with van der Waals surface area (Å²) in [6, 6.07) is 0.647. The lowest BCUT2D eigenvalue weighted by atomic mass is 9.78. The van der Waals surface area contributed by atoms with E-state index in [9.17, 15) is 0 Å². The Morgan fingerprint density at radius 1 is 1.15 bits per heavy atom. The Bertz CT molecular complexity index is 417. The molecule has 7 nitrogen and oxygen atoms in total. The van der Waals surface area contributed by atoms with Crippen molar-refractivity contribution in [2.24, 2.45) is 17.7 Å². The molecule has 1 aromatic rings. The molecule has 4 N–H and O–H groups in total. The summed E-state index contributed by atoms with van der Waals surface area (Å²) in [6.45, 7) is 4.54. The summed E-state index contributed by atoms with van der Waals surface area (Å²) in [5, 5.41) is 3.42. The number of anilines is 2. The fourth-order valence-corrected chi connectivity index (χ4v) is 2.88. The van der Waals surface area contributed by atoms with E-state index in [1.54, 1.807) is 0 Å². The van der Waals surface area contributed by atoms with Gasteiger partial charge in [-0.1, -0.05) is 26.7 Å². The predicted octanol–water partition coefficient (Wildman–Crippen LogP) is 1.79. The standard InChI is InChI=1S/C13H24N6O/c1-8(2)9-6-4-5-7-10(9)15-11-16-12(19-14)18-13(17-11)20-3/h8-10H,4-7,14H2,1-3H3,(H2,15,16,17,18,19). The zero-order valence-electron chi connectivity index (χ0n) is 12.4. The van der Waals surface area contributed by atoms with E-state index in [1.165, 1.54) is 26.4 Å². The summed E-state index contributed by atoms with van der Waals surface area (Å²) in [5.74, 6) is 7.46. The molecule has 1 aliphatic rings. The fourth-order valence-electron chi connectivity index (χ4n) is 2.88. The van der Waals surface area contributed by atoms with E-state index in [0.29, 0.717) is 29.8 Å². The second kappa shape index (κ2) is 6.69. The third kappa shape index (κ3) is 3.47. The van der Waals surface area contributed by atoms with Gasteiger partial charge in [0.25, 0.3) is 0 Å². The molecular weight excluding hydrogens is 256 g/mol. The molecule has 0 radical (unpaired) electrons. The van der Waals surface area contributed by atoms with Crippen molar-refractivity contribution in [3.63, 3.8) is 0 Å². The van der Waals surface area contributed by atoms with Crippen LogP contribution in [0.15, 0.2) is 0 Å².